The number of benzene rings is 1. The number of hydrogen-bond donors (Lipinski definition) is 1. The Hall–Kier alpha value is -0.860. The number of rotatable bonds is 3. The minimum atomic E-state index is 0.0747. The first-order chi connectivity index (χ1) is 9.95. The van der Waals surface area contributed by atoms with Crippen LogP contribution in [0.2, 0.25) is 0 Å². The van der Waals surface area contributed by atoms with Crippen LogP contribution in [-0.4, -0.2) is 29.6 Å². The summed E-state index contributed by atoms with van der Waals surface area (Å²) in [5.41, 5.74) is 1.92. The molecule has 1 saturated carbocycles. The van der Waals surface area contributed by atoms with Crippen molar-refractivity contribution in [3.05, 3.63) is 35.9 Å². The Bertz CT molecular complexity index is 478. The molecule has 0 bridgehead atoms. The standard InChI is InChI=1S/C19H30N2/c1-15(2)17-13-20-19(4,16-9-6-5-7-10-16)14-21(17)18(3)11-8-12-18/h5-7,9-10,15,17,20H,8,11-14H2,1-4H3. The molecule has 2 fully saturated rings. The zero-order valence-electron chi connectivity index (χ0n) is 14.0. The number of nitrogens with one attached hydrogen (secondary N) is 1. The van der Waals surface area contributed by atoms with Crippen LogP contribution < -0.4 is 5.32 Å². The Morgan fingerprint density at radius 3 is 2.33 bits per heavy atom. The zero-order valence-corrected chi connectivity index (χ0v) is 14.0. The Balaban J connectivity index is 1.88. The molecule has 1 aromatic carbocycles. The molecule has 1 aliphatic carbocycles. The van der Waals surface area contributed by atoms with E-state index < -0.39 is 0 Å². The smallest absolute Gasteiger partial charge is 0.0535 e. The van der Waals surface area contributed by atoms with Crippen LogP contribution in [0.5, 0.6) is 0 Å². The minimum Gasteiger partial charge on any atom is -0.305 e. The highest BCUT2D eigenvalue weighted by Gasteiger charge is 2.47. The fourth-order valence-electron chi connectivity index (χ4n) is 4.12. The SMILES string of the molecule is CC(C)C1CNC(C)(c2ccccc2)CN1C1(C)CCC1. The summed E-state index contributed by atoms with van der Waals surface area (Å²) in [7, 11) is 0. The van der Waals surface area contributed by atoms with Crippen LogP contribution in [0.25, 0.3) is 0 Å². The summed E-state index contributed by atoms with van der Waals surface area (Å²) in [4.78, 5) is 2.82. The van der Waals surface area contributed by atoms with E-state index in [2.05, 4.69) is 68.2 Å². The fraction of sp³-hybridized carbons (Fsp3) is 0.684. The number of hydrogen-bond acceptors (Lipinski definition) is 2. The molecule has 21 heavy (non-hydrogen) atoms. The minimum absolute atomic E-state index is 0.0747. The summed E-state index contributed by atoms with van der Waals surface area (Å²) < 4.78 is 0. The zero-order chi connectivity index (χ0) is 15.1. The first-order valence-corrected chi connectivity index (χ1v) is 8.52. The lowest BCUT2D eigenvalue weighted by Crippen LogP contribution is -2.69. The van der Waals surface area contributed by atoms with Crippen molar-refractivity contribution in [2.75, 3.05) is 13.1 Å². The quantitative estimate of drug-likeness (QED) is 0.910. The summed E-state index contributed by atoms with van der Waals surface area (Å²) in [6.07, 6.45) is 4.12. The highest BCUT2D eigenvalue weighted by atomic mass is 15.3. The summed E-state index contributed by atoms with van der Waals surface area (Å²) in [5, 5.41) is 3.85. The highest BCUT2D eigenvalue weighted by Crippen LogP contribution is 2.42. The van der Waals surface area contributed by atoms with Gasteiger partial charge in [0.1, 0.15) is 0 Å². The third-order valence-corrected chi connectivity index (χ3v) is 5.89. The van der Waals surface area contributed by atoms with Crippen molar-refractivity contribution in [1.29, 1.82) is 0 Å². The van der Waals surface area contributed by atoms with Gasteiger partial charge in [-0.25, -0.2) is 0 Å². The van der Waals surface area contributed by atoms with Crippen LogP contribution in [0.15, 0.2) is 30.3 Å². The van der Waals surface area contributed by atoms with E-state index in [9.17, 15) is 0 Å². The van der Waals surface area contributed by atoms with Crippen molar-refractivity contribution >= 4 is 0 Å². The van der Waals surface area contributed by atoms with E-state index in [-0.39, 0.29) is 5.54 Å². The molecular formula is C19H30N2. The second-order valence-electron chi connectivity index (χ2n) is 7.87. The van der Waals surface area contributed by atoms with E-state index in [1.54, 1.807) is 0 Å². The van der Waals surface area contributed by atoms with Crippen LogP contribution in [0, 0.1) is 5.92 Å². The predicted molar refractivity (Wildman–Crippen MR) is 89.4 cm³/mol. The summed E-state index contributed by atoms with van der Waals surface area (Å²) in [6.45, 7) is 11.8. The van der Waals surface area contributed by atoms with E-state index >= 15 is 0 Å². The molecule has 1 N–H and O–H groups in total. The molecule has 2 unspecified atom stereocenters. The second-order valence-corrected chi connectivity index (χ2v) is 7.87. The summed E-state index contributed by atoms with van der Waals surface area (Å²) in [5.74, 6) is 0.704. The van der Waals surface area contributed by atoms with Crippen molar-refractivity contribution in [3.63, 3.8) is 0 Å². The maximum Gasteiger partial charge on any atom is 0.0535 e. The maximum absolute atomic E-state index is 3.85. The molecule has 1 heterocycles. The monoisotopic (exact) mass is 286 g/mol. The van der Waals surface area contributed by atoms with E-state index in [0.717, 1.165) is 13.1 Å². The lowest BCUT2D eigenvalue weighted by Gasteiger charge is -2.58. The van der Waals surface area contributed by atoms with Gasteiger partial charge >= 0.3 is 0 Å². The molecule has 0 spiro atoms. The van der Waals surface area contributed by atoms with Gasteiger partial charge in [-0.15, -0.1) is 0 Å². The van der Waals surface area contributed by atoms with E-state index in [0.29, 0.717) is 17.5 Å². The van der Waals surface area contributed by atoms with Gasteiger partial charge < -0.3 is 5.32 Å². The molecule has 1 saturated heterocycles. The van der Waals surface area contributed by atoms with Crippen molar-refractivity contribution in [2.24, 2.45) is 5.92 Å². The van der Waals surface area contributed by atoms with Crippen molar-refractivity contribution in [2.45, 2.75) is 64.1 Å². The molecule has 3 rings (SSSR count). The Kier molecular flexibility index (Phi) is 3.87. The topological polar surface area (TPSA) is 15.3 Å². The van der Waals surface area contributed by atoms with Gasteiger partial charge in [0.25, 0.3) is 0 Å². The normalized spacial score (nSPS) is 32.9. The number of nitrogens with zero attached hydrogens (tertiary/aromatic N) is 1. The van der Waals surface area contributed by atoms with Gasteiger partial charge in [-0.1, -0.05) is 44.2 Å². The Morgan fingerprint density at radius 1 is 1.14 bits per heavy atom. The van der Waals surface area contributed by atoms with Crippen molar-refractivity contribution in [1.82, 2.24) is 10.2 Å². The molecule has 1 aliphatic heterocycles. The van der Waals surface area contributed by atoms with E-state index in [1.165, 1.54) is 24.8 Å². The van der Waals surface area contributed by atoms with Gasteiger partial charge in [-0.2, -0.15) is 0 Å². The molecule has 1 aromatic rings. The van der Waals surface area contributed by atoms with Gasteiger partial charge in [0.15, 0.2) is 0 Å². The van der Waals surface area contributed by atoms with Crippen molar-refractivity contribution in [3.8, 4) is 0 Å². The first-order valence-electron chi connectivity index (χ1n) is 8.52. The first kappa shape index (κ1) is 15.1. The summed E-state index contributed by atoms with van der Waals surface area (Å²) in [6, 6.07) is 11.6. The third kappa shape index (κ3) is 2.64. The Labute approximate surface area is 129 Å². The van der Waals surface area contributed by atoms with Crippen molar-refractivity contribution < 1.29 is 0 Å². The van der Waals surface area contributed by atoms with Crippen LogP contribution in [0.4, 0.5) is 0 Å². The van der Waals surface area contributed by atoms with Crippen LogP contribution >= 0.6 is 0 Å². The molecule has 2 aliphatic rings. The molecule has 2 heteroatoms. The largest absolute Gasteiger partial charge is 0.305 e. The predicted octanol–water partition coefficient (Wildman–Crippen LogP) is 3.77. The Morgan fingerprint density at radius 2 is 1.81 bits per heavy atom. The molecule has 2 nitrogen and oxygen atoms in total. The molecule has 0 amide bonds. The van der Waals surface area contributed by atoms with Gasteiger partial charge in [-0.05, 0) is 44.6 Å². The van der Waals surface area contributed by atoms with Crippen LogP contribution in [0.3, 0.4) is 0 Å². The lowest BCUT2D eigenvalue weighted by molar-refractivity contribution is -0.0607. The highest BCUT2D eigenvalue weighted by molar-refractivity contribution is 5.26. The molecule has 116 valence electrons. The molecular weight excluding hydrogens is 256 g/mol. The molecule has 0 aromatic heterocycles. The maximum atomic E-state index is 3.85. The average molecular weight is 286 g/mol. The van der Waals surface area contributed by atoms with E-state index in [1.807, 2.05) is 0 Å². The van der Waals surface area contributed by atoms with E-state index in [4.69, 9.17) is 0 Å². The van der Waals surface area contributed by atoms with Gasteiger partial charge in [0.2, 0.25) is 0 Å². The molecule has 0 radical (unpaired) electrons. The van der Waals surface area contributed by atoms with Crippen LogP contribution in [-0.2, 0) is 5.54 Å². The lowest BCUT2D eigenvalue weighted by atomic mass is 9.73. The summed E-state index contributed by atoms with van der Waals surface area (Å²) >= 11 is 0. The average Bonchev–Trinajstić information content (AvgIpc) is 2.45. The van der Waals surface area contributed by atoms with Gasteiger partial charge in [-0.3, -0.25) is 4.90 Å². The molecule has 2 atom stereocenters. The second kappa shape index (κ2) is 5.40. The fourth-order valence-corrected chi connectivity index (χ4v) is 4.12. The number of piperazine rings is 1. The van der Waals surface area contributed by atoms with Gasteiger partial charge in [0, 0.05) is 24.7 Å². The third-order valence-electron chi connectivity index (χ3n) is 5.89. The van der Waals surface area contributed by atoms with Crippen LogP contribution in [0.1, 0.15) is 52.5 Å². The van der Waals surface area contributed by atoms with Gasteiger partial charge in [0.05, 0.1) is 5.54 Å².